The van der Waals surface area contributed by atoms with Crippen LogP contribution in [-0.2, 0) is 14.3 Å². The van der Waals surface area contributed by atoms with Crippen LogP contribution in [0, 0.1) is 0 Å². The van der Waals surface area contributed by atoms with Crippen molar-refractivity contribution in [2.75, 3.05) is 20.3 Å². The minimum Gasteiger partial charge on any atom is -0.372 e. The number of carbonyl (C=O) groups excluding carboxylic acids is 2. The molecule has 4 heteroatoms. The van der Waals surface area contributed by atoms with Gasteiger partial charge in [0.1, 0.15) is 13.4 Å². The van der Waals surface area contributed by atoms with Crippen molar-refractivity contribution in [3.63, 3.8) is 0 Å². The Labute approximate surface area is 66.9 Å². The molecule has 66 valence electrons. The first kappa shape index (κ1) is 12.7. The van der Waals surface area contributed by atoms with Crippen LogP contribution in [-0.4, -0.2) is 33.0 Å². The molecular weight excluding hydrogens is 146 g/mol. The lowest BCUT2D eigenvalue weighted by molar-refractivity contribution is -0.125. The zero-order valence-corrected chi connectivity index (χ0v) is 7.05. The monoisotopic (exact) mass is 161 g/mol. The molecule has 0 heterocycles. The van der Waals surface area contributed by atoms with E-state index in [1.54, 1.807) is 7.05 Å². The van der Waals surface area contributed by atoms with Gasteiger partial charge in [0, 0.05) is 13.7 Å². The summed E-state index contributed by atoms with van der Waals surface area (Å²) in [5.74, 6) is -0.0662. The number of carbonyl (C=O) groups is 2. The van der Waals surface area contributed by atoms with Gasteiger partial charge in [0.15, 0.2) is 0 Å². The van der Waals surface area contributed by atoms with Crippen molar-refractivity contribution in [2.45, 2.75) is 13.3 Å². The number of amides is 1. The van der Waals surface area contributed by atoms with Crippen LogP contribution in [0.4, 0.5) is 0 Å². The van der Waals surface area contributed by atoms with Crippen LogP contribution in [0.3, 0.4) is 0 Å². The van der Waals surface area contributed by atoms with Gasteiger partial charge in [-0.3, -0.25) is 4.79 Å². The largest absolute Gasteiger partial charge is 0.372 e. The Morgan fingerprint density at radius 2 is 2.09 bits per heavy atom. The summed E-state index contributed by atoms with van der Waals surface area (Å²) in [7, 11) is 1.59. The van der Waals surface area contributed by atoms with Gasteiger partial charge in [-0.2, -0.15) is 0 Å². The molecule has 0 aliphatic carbocycles. The Kier molecular flexibility index (Phi) is 13.7. The normalized spacial score (nSPS) is 7.82. The first-order valence-electron chi connectivity index (χ1n) is 3.38. The molecule has 0 spiro atoms. The van der Waals surface area contributed by atoms with E-state index in [4.69, 9.17) is 9.53 Å². The molecule has 0 unspecified atom stereocenters. The predicted molar refractivity (Wildman–Crippen MR) is 42.3 cm³/mol. The molecule has 1 amide bonds. The summed E-state index contributed by atoms with van der Waals surface area (Å²) in [4.78, 5) is 18.5. The zero-order chi connectivity index (χ0) is 9.11. The third-order valence-electron chi connectivity index (χ3n) is 0.860. The average Bonchev–Trinajstić information content (AvgIpc) is 2.08. The van der Waals surface area contributed by atoms with Crippen molar-refractivity contribution in [2.24, 2.45) is 0 Å². The van der Waals surface area contributed by atoms with Crippen LogP contribution in [0.2, 0.25) is 0 Å². The topological polar surface area (TPSA) is 55.4 Å². The highest BCUT2D eigenvalue weighted by molar-refractivity contribution is 5.76. The lowest BCUT2D eigenvalue weighted by Crippen LogP contribution is -2.23. The van der Waals surface area contributed by atoms with Gasteiger partial charge in [-0.25, -0.2) is 0 Å². The molecule has 0 radical (unpaired) electrons. The maximum Gasteiger partial charge on any atom is 0.245 e. The molecule has 0 saturated heterocycles. The number of hydrogen-bond acceptors (Lipinski definition) is 3. The van der Waals surface area contributed by atoms with Crippen molar-refractivity contribution < 1.29 is 14.3 Å². The standard InChI is InChI=1S/C6H13NO2.CH2O/c1-3-4-9-5-6(8)7-2;1-2/h3-5H2,1-2H3,(H,7,8);1H2. The second kappa shape index (κ2) is 11.8. The van der Waals surface area contributed by atoms with E-state index < -0.39 is 0 Å². The lowest BCUT2D eigenvalue weighted by atomic mass is 10.5. The Bertz CT molecular complexity index is 95.7. The summed E-state index contributed by atoms with van der Waals surface area (Å²) in [5, 5.41) is 2.46. The van der Waals surface area contributed by atoms with Crippen LogP contribution < -0.4 is 5.32 Å². The minimum atomic E-state index is -0.0662. The first-order valence-corrected chi connectivity index (χ1v) is 3.38. The Balaban J connectivity index is 0. The fourth-order valence-corrected chi connectivity index (χ4v) is 0.381. The molecule has 4 nitrogen and oxygen atoms in total. The van der Waals surface area contributed by atoms with Crippen molar-refractivity contribution in [1.82, 2.24) is 5.32 Å². The van der Waals surface area contributed by atoms with Crippen LogP contribution in [0.5, 0.6) is 0 Å². The summed E-state index contributed by atoms with van der Waals surface area (Å²) in [6.07, 6.45) is 0.955. The van der Waals surface area contributed by atoms with Gasteiger partial charge in [-0.1, -0.05) is 6.92 Å². The summed E-state index contributed by atoms with van der Waals surface area (Å²) in [6.45, 7) is 4.85. The zero-order valence-electron chi connectivity index (χ0n) is 7.05. The second-order valence-electron chi connectivity index (χ2n) is 1.73. The van der Waals surface area contributed by atoms with E-state index in [1.165, 1.54) is 0 Å². The average molecular weight is 161 g/mol. The summed E-state index contributed by atoms with van der Waals surface area (Å²) >= 11 is 0. The van der Waals surface area contributed by atoms with E-state index in [-0.39, 0.29) is 12.5 Å². The van der Waals surface area contributed by atoms with Gasteiger partial charge in [-0.15, -0.1) is 0 Å². The van der Waals surface area contributed by atoms with Crippen LogP contribution in [0.15, 0.2) is 0 Å². The number of rotatable bonds is 4. The Morgan fingerprint density at radius 3 is 2.45 bits per heavy atom. The fraction of sp³-hybridized carbons (Fsp3) is 0.714. The van der Waals surface area contributed by atoms with Crippen molar-refractivity contribution >= 4 is 12.7 Å². The molecule has 0 atom stereocenters. The molecule has 0 aliphatic rings. The summed E-state index contributed by atoms with van der Waals surface area (Å²) < 4.78 is 4.92. The van der Waals surface area contributed by atoms with E-state index in [0.29, 0.717) is 6.61 Å². The summed E-state index contributed by atoms with van der Waals surface area (Å²) in [5.41, 5.74) is 0. The number of hydrogen-bond donors (Lipinski definition) is 1. The van der Waals surface area contributed by atoms with Crippen molar-refractivity contribution in [1.29, 1.82) is 0 Å². The molecule has 0 fully saturated rings. The molecule has 1 N–H and O–H groups in total. The lowest BCUT2D eigenvalue weighted by Gasteiger charge is -1.98. The SMILES string of the molecule is C=O.CCCOCC(=O)NC. The number of nitrogens with one attached hydrogen (secondary N) is 1. The van der Waals surface area contributed by atoms with Crippen LogP contribution >= 0.6 is 0 Å². The molecule has 0 aromatic heterocycles. The highest BCUT2D eigenvalue weighted by Gasteiger charge is 1.93. The molecule has 0 saturated carbocycles. The van der Waals surface area contributed by atoms with E-state index >= 15 is 0 Å². The molecule has 11 heavy (non-hydrogen) atoms. The molecule has 0 rings (SSSR count). The Morgan fingerprint density at radius 1 is 1.55 bits per heavy atom. The highest BCUT2D eigenvalue weighted by Crippen LogP contribution is 1.78. The molecular formula is C7H15NO3. The second-order valence-corrected chi connectivity index (χ2v) is 1.73. The number of ether oxygens (including phenoxy) is 1. The van der Waals surface area contributed by atoms with Gasteiger partial charge in [0.2, 0.25) is 5.91 Å². The van der Waals surface area contributed by atoms with Gasteiger partial charge >= 0.3 is 0 Å². The highest BCUT2D eigenvalue weighted by atomic mass is 16.5. The summed E-state index contributed by atoms with van der Waals surface area (Å²) in [6, 6.07) is 0. The van der Waals surface area contributed by atoms with Crippen molar-refractivity contribution in [3.05, 3.63) is 0 Å². The van der Waals surface area contributed by atoms with Crippen LogP contribution in [0.1, 0.15) is 13.3 Å². The molecule has 0 aliphatic heterocycles. The van der Waals surface area contributed by atoms with Gasteiger partial charge < -0.3 is 14.8 Å². The third kappa shape index (κ3) is 12.3. The van der Waals surface area contributed by atoms with Gasteiger partial charge in [0.05, 0.1) is 0 Å². The molecule has 0 aromatic rings. The van der Waals surface area contributed by atoms with E-state index in [1.807, 2.05) is 13.7 Å². The maximum atomic E-state index is 10.5. The van der Waals surface area contributed by atoms with Gasteiger partial charge in [-0.05, 0) is 6.42 Å². The molecule has 0 bridgehead atoms. The number of likely N-dealkylation sites (N-methyl/N-ethyl adjacent to an activating group) is 1. The fourth-order valence-electron chi connectivity index (χ4n) is 0.381. The van der Waals surface area contributed by atoms with E-state index in [9.17, 15) is 4.79 Å². The first-order chi connectivity index (χ1) is 5.31. The third-order valence-corrected chi connectivity index (χ3v) is 0.860. The smallest absolute Gasteiger partial charge is 0.245 e. The van der Waals surface area contributed by atoms with Crippen molar-refractivity contribution in [3.8, 4) is 0 Å². The maximum absolute atomic E-state index is 10.5. The predicted octanol–water partition coefficient (Wildman–Crippen LogP) is -0.0259. The minimum absolute atomic E-state index is 0.0662. The van der Waals surface area contributed by atoms with Crippen LogP contribution in [0.25, 0.3) is 0 Å². The van der Waals surface area contributed by atoms with E-state index in [0.717, 1.165) is 6.42 Å². The van der Waals surface area contributed by atoms with Gasteiger partial charge in [0.25, 0.3) is 0 Å². The van der Waals surface area contributed by atoms with E-state index in [2.05, 4.69) is 5.32 Å². The molecule has 0 aromatic carbocycles. The Hall–Kier alpha value is -0.900. The quantitative estimate of drug-likeness (QED) is 0.589.